The van der Waals surface area contributed by atoms with Crippen LogP contribution in [0.15, 0.2) is 6.20 Å². The smallest absolute Gasteiger partial charge is 0.224 e. The molecule has 3 N–H and O–H groups in total. The zero-order chi connectivity index (χ0) is 12.3. The van der Waals surface area contributed by atoms with Crippen LogP contribution in [0.25, 0.3) is 0 Å². The van der Waals surface area contributed by atoms with Crippen LogP contribution in [-0.4, -0.2) is 27.5 Å². The Morgan fingerprint density at radius 1 is 1.41 bits per heavy atom. The molecule has 0 aliphatic heterocycles. The van der Waals surface area contributed by atoms with Gasteiger partial charge in [-0.1, -0.05) is 0 Å². The fourth-order valence-corrected chi connectivity index (χ4v) is 3.00. The molecular formula is C11H17ClN4S. The van der Waals surface area contributed by atoms with Crippen molar-refractivity contribution in [1.29, 1.82) is 0 Å². The summed E-state index contributed by atoms with van der Waals surface area (Å²) in [6, 6.07) is 0.451. The molecule has 2 rings (SSSR count). The fourth-order valence-electron chi connectivity index (χ4n) is 2.12. The number of halogens is 1. The predicted octanol–water partition coefficient (Wildman–Crippen LogP) is 2.80. The molecular weight excluding hydrogens is 256 g/mol. The van der Waals surface area contributed by atoms with E-state index in [9.17, 15) is 0 Å². The van der Waals surface area contributed by atoms with Crippen LogP contribution in [0.5, 0.6) is 0 Å². The van der Waals surface area contributed by atoms with Gasteiger partial charge in [0.25, 0.3) is 0 Å². The van der Waals surface area contributed by atoms with Crippen LogP contribution < -0.4 is 11.1 Å². The molecule has 0 unspecified atom stereocenters. The summed E-state index contributed by atoms with van der Waals surface area (Å²) in [6.07, 6.45) is 8.54. The molecule has 1 aliphatic carbocycles. The first kappa shape index (κ1) is 12.8. The molecule has 94 valence electrons. The largest absolute Gasteiger partial charge is 0.394 e. The van der Waals surface area contributed by atoms with Gasteiger partial charge in [-0.05, 0) is 43.5 Å². The molecule has 1 saturated carbocycles. The van der Waals surface area contributed by atoms with Gasteiger partial charge in [0.15, 0.2) is 5.82 Å². The van der Waals surface area contributed by atoms with Crippen molar-refractivity contribution in [2.45, 2.75) is 37.0 Å². The molecule has 17 heavy (non-hydrogen) atoms. The van der Waals surface area contributed by atoms with E-state index in [1.807, 2.05) is 11.8 Å². The third kappa shape index (κ3) is 3.39. The molecule has 6 heteroatoms. The summed E-state index contributed by atoms with van der Waals surface area (Å²) in [4.78, 5) is 7.96. The van der Waals surface area contributed by atoms with Crippen LogP contribution in [0.1, 0.15) is 25.7 Å². The van der Waals surface area contributed by atoms with Gasteiger partial charge in [0.2, 0.25) is 5.28 Å². The summed E-state index contributed by atoms with van der Waals surface area (Å²) in [5.74, 6) is 0.664. The van der Waals surface area contributed by atoms with Gasteiger partial charge < -0.3 is 11.1 Å². The van der Waals surface area contributed by atoms with Crippen LogP contribution >= 0.6 is 23.4 Å². The Kier molecular flexibility index (Phi) is 4.34. The molecule has 0 saturated heterocycles. The number of hydrogen-bond acceptors (Lipinski definition) is 5. The first-order valence-electron chi connectivity index (χ1n) is 5.76. The normalized spacial score (nSPS) is 24.6. The lowest BCUT2D eigenvalue weighted by atomic mass is 9.95. The maximum absolute atomic E-state index is 5.81. The minimum atomic E-state index is 0.236. The van der Waals surface area contributed by atoms with E-state index in [-0.39, 0.29) is 5.28 Å². The Labute approximate surface area is 111 Å². The number of nitrogens with two attached hydrogens (primary N) is 1. The fraction of sp³-hybridized carbons (Fsp3) is 0.636. The molecule has 0 spiro atoms. The second-order valence-electron chi connectivity index (χ2n) is 4.30. The van der Waals surface area contributed by atoms with Crippen molar-refractivity contribution in [2.75, 3.05) is 17.3 Å². The Balaban J connectivity index is 1.95. The van der Waals surface area contributed by atoms with Crippen molar-refractivity contribution in [3.05, 3.63) is 11.5 Å². The van der Waals surface area contributed by atoms with Crippen molar-refractivity contribution < 1.29 is 0 Å². The lowest BCUT2D eigenvalue weighted by molar-refractivity contribution is 0.472. The molecule has 1 fully saturated rings. The van der Waals surface area contributed by atoms with Crippen LogP contribution in [0.4, 0.5) is 11.5 Å². The van der Waals surface area contributed by atoms with Gasteiger partial charge in [0, 0.05) is 11.3 Å². The Morgan fingerprint density at radius 3 is 2.76 bits per heavy atom. The third-order valence-corrected chi connectivity index (χ3v) is 4.46. The van der Waals surface area contributed by atoms with Crippen LogP contribution in [0, 0.1) is 0 Å². The van der Waals surface area contributed by atoms with E-state index < -0.39 is 0 Å². The molecule has 1 aromatic rings. The van der Waals surface area contributed by atoms with E-state index in [0.717, 1.165) is 18.1 Å². The van der Waals surface area contributed by atoms with E-state index in [0.29, 0.717) is 17.5 Å². The highest BCUT2D eigenvalue weighted by atomic mass is 35.5. The van der Waals surface area contributed by atoms with Crippen molar-refractivity contribution in [2.24, 2.45) is 0 Å². The van der Waals surface area contributed by atoms with Gasteiger partial charge >= 0.3 is 0 Å². The van der Waals surface area contributed by atoms with Gasteiger partial charge in [0.1, 0.15) is 0 Å². The molecule has 4 nitrogen and oxygen atoms in total. The van der Waals surface area contributed by atoms with Gasteiger partial charge in [-0.3, -0.25) is 0 Å². The zero-order valence-electron chi connectivity index (χ0n) is 9.82. The molecule has 0 atom stereocenters. The highest BCUT2D eigenvalue weighted by Crippen LogP contribution is 2.29. The van der Waals surface area contributed by atoms with E-state index in [4.69, 9.17) is 17.3 Å². The molecule has 0 radical (unpaired) electrons. The van der Waals surface area contributed by atoms with E-state index in [1.165, 1.54) is 12.8 Å². The average molecular weight is 273 g/mol. The molecule has 1 aromatic heterocycles. The summed E-state index contributed by atoms with van der Waals surface area (Å²) >= 11 is 7.72. The van der Waals surface area contributed by atoms with E-state index in [1.54, 1.807) is 6.20 Å². The number of aromatic nitrogens is 2. The van der Waals surface area contributed by atoms with Crippen LogP contribution in [-0.2, 0) is 0 Å². The van der Waals surface area contributed by atoms with Crippen molar-refractivity contribution >= 4 is 34.9 Å². The molecule has 1 heterocycles. The number of nitrogens with one attached hydrogen (secondary N) is 1. The number of rotatable bonds is 3. The maximum atomic E-state index is 5.81. The van der Waals surface area contributed by atoms with Crippen molar-refractivity contribution in [3.8, 4) is 0 Å². The lowest BCUT2D eigenvalue weighted by Gasteiger charge is -2.28. The number of hydrogen-bond donors (Lipinski definition) is 2. The predicted molar refractivity (Wildman–Crippen MR) is 74.6 cm³/mol. The highest BCUT2D eigenvalue weighted by Gasteiger charge is 2.21. The highest BCUT2D eigenvalue weighted by molar-refractivity contribution is 7.99. The van der Waals surface area contributed by atoms with Crippen LogP contribution in [0.3, 0.4) is 0 Å². The molecule has 0 bridgehead atoms. The Hall–Kier alpha value is -0.680. The summed E-state index contributed by atoms with van der Waals surface area (Å²) < 4.78 is 0. The first-order chi connectivity index (χ1) is 8.19. The van der Waals surface area contributed by atoms with Gasteiger partial charge in [-0.2, -0.15) is 16.7 Å². The minimum absolute atomic E-state index is 0.236. The summed E-state index contributed by atoms with van der Waals surface area (Å²) in [6.45, 7) is 0. The van der Waals surface area contributed by atoms with E-state index >= 15 is 0 Å². The SMILES string of the molecule is CSC1CCC(Nc2nc(Cl)ncc2N)CC1. The quantitative estimate of drug-likeness (QED) is 0.829. The molecule has 1 aliphatic rings. The lowest BCUT2D eigenvalue weighted by Crippen LogP contribution is -2.27. The van der Waals surface area contributed by atoms with E-state index in [2.05, 4.69) is 21.5 Å². The minimum Gasteiger partial charge on any atom is -0.394 e. The summed E-state index contributed by atoms with van der Waals surface area (Å²) in [5.41, 5.74) is 6.37. The number of anilines is 2. The zero-order valence-corrected chi connectivity index (χ0v) is 11.4. The van der Waals surface area contributed by atoms with Gasteiger partial charge in [-0.25, -0.2) is 4.98 Å². The second-order valence-corrected chi connectivity index (χ2v) is 5.77. The standard InChI is InChI=1S/C11H17ClN4S/c1-17-8-4-2-7(3-5-8)15-10-9(13)6-14-11(12)16-10/h6-8H,2-5,13H2,1H3,(H,14,15,16). The van der Waals surface area contributed by atoms with Crippen LogP contribution in [0.2, 0.25) is 5.28 Å². The van der Waals surface area contributed by atoms with Gasteiger partial charge in [-0.15, -0.1) is 0 Å². The van der Waals surface area contributed by atoms with Gasteiger partial charge in [0.05, 0.1) is 11.9 Å². The van der Waals surface area contributed by atoms with Crippen molar-refractivity contribution in [1.82, 2.24) is 9.97 Å². The number of nitrogens with zero attached hydrogens (tertiary/aromatic N) is 2. The average Bonchev–Trinajstić information content (AvgIpc) is 2.35. The topological polar surface area (TPSA) is 63.8 Å². The number of thioether (sulfide) groups is 1. The first-order valence-corrected chi connectivity index (χ1v) is 7.43. The maximum Gasteiger partial charge on any atom is 0.224 e. The second kappa shape index (κ2) is 5.78. The molecule has 0 amide bonds. The Morgan fingerprint density at radius 2 is 2.12 bits per heavy atom. The summed E-state index contributed by atoms with van der Waals surface area (Å²) in [5, 5.41) is 4.41. The Bertz CT molecular complexity index is 380. The monoisotopic (exact) mass is 272 g/mol. The number of nitrogen functional groups attached to an aromatic ring is 1. The third-order valence-electron chi connectivity index (χ3n) is 3.14. The summed E-state index contributed by atoms with van der Waals surface area (Å²) in [7, 11) is 0. The van der Waals surface area contributed by atoms with Crippen molar-refractivity contribution in [3.63, 3.8) is 0 Å². The molecule has 0 aromatic carbocycles.